The van der Waals surface area contributed by atoms with E-state index in [9.17, 15) is 18.8 Å². The van der Waals surface area contributed by atoms with Gasteiger partial charge in [0, 0.05) is 57.4 Å². The molecule has 3 amide bonds. The van der Waals surface area contributed by atoms with Crippen LogP contribution < -0.4 is 15.5 Å². The molecule has 0 spiro atoms. The molecule has 0 radical (unpaired) electrons. The number of rotatable bonds is 4. The zero-order valence-corrected chi connectivity index (χ0v) is 19.4. The van der Waals surface area contributed by atoms with E-state index < -0.39 is 11.6 Å². The molecular weight excluding hydrogens is 429 g/mol. The number of carbonyl (C=O) groups is 3. The summed E-state index contributed by atoms with van der Waals surface area (Å²) in [4.78, 5) is 41.5. The van der Waals surface area contributed by atoms with Gasteiger partial charge in [0.25, 0.3) is 0 Å². The van der Waals surface area contributed by atoms with Gasteiger partial charge in [-0.2, -0.15) is 0 Å². The number of hydrogen-bond acceptors (Lipinski definition) is 7. The normalized spacial score (nSPS) is 22.6. The number of anilines is 2. The topological polar surface area (TPSA) is 94.2 Å². The predicted molar refractivity (Wildman–Crippen MR) is 122 cm³/mol. The highest BCUT2D eigenvalue weighted by Crippen LogP contribution is 2.29. The fraction of sp³-hybridized carbons (Fsp3) is 0.609. The van der Waals surface area contributed by atoms with E-state index in [-0.39, 0.29) is 30.1 Å². The quantitative estimate of drug-likeness (QED) is 0.660. The maximum Gasteiger partial charge on any atom is 0.410 e. The summed E-state index contributed by atoms with van der Waals surface area (Å²) in [6, 6.07) is 4.66. The van der Waals surface area contributed by atoms with Crippen molar-refractivity contribution in [1.82, 2.24) is 15.1 Å². The Morgan fingerprint density at radius 1 is 1.15 bits per heavy atom. The zero-order valence-electron chi connectivity index (χ0n) is 19.4. The van der Waals surface area contributed by atoms with Gasteiger partial charge >= 0.3 is 6.09 Å². The van der Waals surface area contributed by atoms with Crippen molar-refractivity contribution in [2.45, 2.75) is 51.3 Å². The highest BCUT2D eigenvalue weighted by molar-refractivity contribution is 6.01. The molecule has 3 fully saturated rings. The Labute approximate surface area is 193 Å². The highest BCUT2D eigenvalue weighted by atomic mass is 19.1. The van der Waals surface area contributed by atoms with Crippen molar-refractivity contribution < 1.29 is 23.5 Å². The fourth-order valence-electron chi connectivity index (χ4n) is 4.36. The van der Waals surface area contributed by atoms with Crippen molar-refractivity contribution in [1.29, 1.82) is 0 Å². The number of nitrogens with zero attached hydrogens (tertiary/aromatic N) is 3. The van der Waals surface area contributed by atoms with Gasteiger partial charge in [-0.1, -0.05) is 0 Å². The van der Waals surface area contributed by atoms with Crippen molar-refractivity contribution in [2.75, 3.05) is 49.5 Å². The van der Waals surface area contributed by atoms with Crippen LogP contribution in [0.1, 0.15) is 33.6 Å². The number of ether oxygens (including phenoxy) is 1. The molecule has 10 heteroatoms. The second kappa shape index (κ2) is 9.17. The van der Waals surface area contributed by atoms with Gasteiger partial charge in [-0.05, 0) is 45.4 Å². The van der Waals surface area contributed by atoms with E-state index in [1.165, 1.54) is 6.07 Å². The molecule has 1 unspecified atom stereocenters. The number of benzene rings is 1. The lowest BCUT2D eigenvalue weighted by molar-refractivity contribution is -0.133. The Balaban J connectivity index is 1.25. The van der Waals surface area contributed by atoms with E-state index in [1.54, 1.807) is 17.0 Å². The van der Waals surface area contributed by atoms with Crippen molar-refractivity contribution in [3.63, 3.8) is 0 Å². The second-order valence-corrected chi connectivity index (χ2v) is 9.88. The Morgan fingerprint density at radius 2 is 1.85 bits per heavy atom. The molecule has 4 rings (SSSR count). The number of imide groups is 1. The number of hydrogen-bond donors (Lipinski definition) is 2. The minimum Gasteiger partial charge on any atom is -0.444 e. The first kappa shape index (κ1) is 23.3. The van der Waals surface area contributed by atoms with Gasteiger partial charge in [-0.3, -0.25) is 19.8 Å². The van der Waals surface area contributed by atoms with E-state index in [2.05, 4.69) is 15.5 Å². The van der Waals surface area contributed by atoms with E-state index >= 15 is 0 Å². The summed E-state index contributed by atoms with van der Waals surface area (Å²) in [6.07, 6.45) is 0.388. The number of piperazine rings is 1. The molecule has 33 heavy (non-hydrogen) atoms. The smallest absolute Gasteiger partial charge is 0.410 e. The minimum absolute atomic E-state index is 0.269. The molecular formula is C23H32FN5O4. The molecule has 3 heterocycles. The van der Waals surface area contributed by atoms with Gasteiger partial charge in [-0.25, -0.2) is 9.18 Å². The maximum atomic E-state index is 14.8. The molecule has 180 valence electrons. The lowest BCUT2D eigenvalue weighted by atomic mass is 10.0. The average molecular weight is 462 g/mol. The Hall–Kier alpha value is -2.88. The van der Waals surface area contributed by atoms with Gasteiger partial charge in [-0.15, -0.1) is 0 Å². The van der Waals surface area contributed by atoms with Crippen molar-refractivity contribution in [3.8, 4) is 0 Å². The summed E-state index contributed by atoms with van der Waals surface area (Å²) in [6.45, 7) is 9.83. The van der Waals surface area contributed by atoms with E-state index in [0.717, 1.165) is 26.2 Å². The Morgan fingerprint density at radius 3 is 2.45 bits per heavy atom. The summed E-state index contributed by atoms with van der Waals surface area (Å²) >= 11 is 0. The first-order chi connectivity index (χ1) is 15.6. The molecule has 9 nitrogen and oxygen atoms in total. The number of amides is 3. The summed E-state index contributed by atoms with van der Waals surface area (Å²) in [5.74, 6) is -1.01. The van der Waals surface area contributed by atoms with Crippen LogP contribution in [0, 0.1) is 5.82 Å². The molecule has 3 aliphatic rings. The van der Waals surface area contributed by atoms with Gasteiger partial charge in [0.1, 0.15) is 17.5 Å². The van der Waals surface area contributed by atoms with Crippen LogP contribution in [0.5, 0.6) is 0 Å². The standard InChI is InChI=1S/C23H32FN5O4/c1-23(2,3)33-22(32)28-10-8-27(9-11-28)16-13-29(14-16)19-6-4-15(12-17(19)24)25-18-5-7-20(30)26-21(18)31/h4,6,12,16,18,25H,5,7-11,13-14H2,1-3H3,(H,26,30,31). The minimum atomic E-state index is -0.541. The summed E-state index contributed by atoms with van der Waals surface area (Å²) in [5, 5.41) is 5.30. The maximum absolute atomic E-state index is 14.8. The number of halogens is 1. The van der Waals surface area contributed by atoms with E-state index in [4.69, 9.17) is 4.74 Å². The summed E-state index contributed by atoms with van der Waals surface area (Å²) < 4.78 is 20.2. The Bertz CT molecular complexity index is 920. The van der Waals surface area contributed by atoms with Crippen LogP contribution in [0.4, 0.5) is 20.6 Å². The third-order valence-corrected chi connectivity index (χ3v) is 6.21. The van der Waals surface area contributed by atoms with Crippen molar-refractivity contribution in [3.05, 3.63) is 24.0 Å². The van der Waals surface area contributed by atoms with Crippen LogP contribution in [0.15, 0.2) is 18.2 Å². The molecule has 0 aromatic heterocycles. The molecule has 1 atom stereocenters. The molecule has 0 aliphatic carbocycles. The van der Waals surface area contributed by atoms with Crippen LogP contribution in [0.25, 0.3) is 0 Å². The van der Waals surface area contributed by atoms with Crippen molar-refractivity contribution >= 4 is 29.3 Å². The van der Waals surface area contributed by atoms with Crippen LogP contribution in [0.3, 0.4) is 0 Å². The largest absolute Gasteiger partial charge is 0.444 e. The average Bonchev–Trinajstić information content (AvgIpc) is 2.70. The number of nitrogens with one attached hydrogen (secondary N) is 2. The van der Waals surface area contributed by atoms with Crippen LogP contribution in [-0.2, 0) is 14.3 Å². The summed E-state index contributed by atoms with van der Waals surface area (Å²) in [5.41, 5.74) is 0.549. The number of piperidine rings is 1. The fourth-order valence-corrected chi connectivity index (χ4v) is 4.36. The molecule has 3 aliphatic heterocycles. The molecule has 1 aromatic carbocycles. The van der Waals surface area contributed by atoms with Gasteiger partial charge in [0.15, 0.2) is 0 Å². The third-order valence-electron chi connectivity index (χ3n) is 6.21. The first-order valence-corrected chi connectivity index (χ1v) is 11.5. The lowest BCUT2D eigenvalue weighted by Crippen LogP contribution is -2.63. The molecule has 0 saturated carbocycles. The van der Waals surface area contributed by atoms with E-state index in [1.807, 2.05) is 25.7 Å². The van der Waals surface area contributed by atoms with E-state index in [0.29, 0.717) is 36.9 Å². The van der Waals surface area contributed by atoms with Crippen LogP contribution in [0.2, 0.25) is 0 Å². The molecule has 2 N–H and O–H groups in total. The lowest BCUT2D eigenvalue weighted by Gasteiger charge is -2.49. The van der Waals surface area contributed by atoms with Crippen LogP contribution >= 0.6 is 0 Å². The highest BCUT2D eigenvalue weighted by Gasteiger charge is 2.36. The predicted octanol–water partition coefficient (Wildman–Crippen LogP) is 1.78. The van der Waals surface area contributed by atoms with Crippen LogP contribution in [-0.4, -0.2) is 84.7 Å². The third kappa shape index (κ3) is 5.55. The Kier molecular flexibility index (Phi) is 6.47. The van der Waals surface area contributed by atoms with Crippen molar-refractivity contribution in [2.24, 2.45) is 0 Å². The first-order valence-electron chi connectivity index (χ1n) is 11.5. The monoisotopic (exact) mass is 461 g/mol. The molecule has 3 saturated heterocycles. The number of carbonyl (C=O) groups excluding carboxylic acids is 3. The molecule has 0 bridgehead atoms. The van der Waals surface area contributed by atoms with Gasteiger partial charge in [0.2, 0.25) is 11.8 Å². The van der Waals surface area contributed by atoms with Gasteiger partial charge in [0.05, 0.1) is 5.69 Å². The molecule has 1 aromatic rings. The van der Waals surface area contributed by atoms with Gasteiger partial charge < -0.3 is 19.9 Å². The summed E-state index contributed by atoms with van der Waals surface area (Å²) in [7, 11) is 0. The SMILES string of the molecule is CC(C)(C)OC(=O)N1CCN(C2CN(c3ccc(NC4CCC(=O)NC4=O)cc3F)C2)CC1. The second-order valence-electron chi connectivity index (χ2n) is 9.88. The zero-order chi connectivity index (χ0) is 23.8.